The molecule has 2 aromatic rings. The van der Waals surface area contributed by atoms with Gasteiger partial charge in [-0.25, -0.2) is 4.79 Å². The van der Waals surface area contributed by atoms with Crippen molar-refractivity contribution in [3.05, 3.63) is 57.0 Å². The number of hydrogen-bond acceptors (Lipinski definition) is 5. The van der Waals surface area contributed by atoms with E-state index in [1.165, 1.54) is 0 Å². The minimum absolute atomic E-state index is 0.262. The van der Waals surface area contributed by atoms with Crippen LogP contribution in [0.3, 0.4) is 0 Å². The number of carbonyl (C=O) groups excluding carboxylic acids is 2. The van der Waals surface area contributed by atoms with Gasteiger partial charge in [-0.05, 0) is 65.7 Å². The molecular weight excluding hydrogens is 436 g/mol. The Balaban J connectivity index is 2.10. The minimum atomic E-state index is -0.624. The molecule has 0 fully saturated rings. The zero-order chi connectivity index (χ0) is 19.8. The van der Waals surface area contributed by atoms with Gasteiger partial charge in [0.2, 0.25) is 0 Å². The van der Waals surface area contributed by atoms with Crippen molar-refractivity contribution < 1.29 is 23.8 Å². The molecule has 144 valence electrons. The fourth-order valence-corrected chi connectivity index (χ4v) is 2.91. The number of esters is 1. The van der Waals surface area contributed by atoms with Gasteiger partial charge in [0.15, 0.2) is 23.9 Å². The van der Waals surface area contributed by atoms with E-state index in [0.717, 1.165) is 6.42 Å². The lowest BCUT2D eigenvalue weighted by Gasteiger charge is -2.14. The van der Waals surface area contributed by atoms with E-state index in [4.69, 9.17) is 25.8 Å². The number of rotatable bonds is 9. The molecule has 0 radical (unpaired) electrons. The Bertz CT molecular complexity index is 805. The summed E-state index contributed by atoms with van der Waals surface area (Å²) in [6.07, 6.45) is 0.842. The molecule has 0 heterocycles. The van der Waals surface area contributed by atoms with Crippen molar-refractivity contribution >= 4 is 39.3 Å². The molecule has 0 aromatic heterocycles. The van der Waals surface area contributed by atoms with Gasteiger partial charge in [0, 0.05) is 10.6 Å². The van der Waals surface area contributed by atoms with Crippen molar-refractivity contribution in [3.63, 3.8) is 0 Å². The molecule has 0 aliphatic rings. The van der Waals surface area contributed by atoms with Crippen LogP contribution < -0.4 is 9.47 Å². The van der Waals surface area contributed by atoms with Crippen molar-refractivity contribution in [2.75, 3.05) is 19.8 Å². The van der Waals surface area contributed by atoms with Gasteiger partial charge in [0.25, 0.3) is 0 Å². The van der Waals surface area contributed by atoms with Crippen LogP contribution in [0.1, 0.15) is 41.0 Å². The number of halogens is 2. The lowest BCUT2D eigenvalue weighted by molar-refractivity contribution is 0.0474. The summed E-state index contributed by atoms with van der Waals surface area (Å²) in [7, 11) is 0. The van der Waals surface area contributed by atoms with E-state index in [2.05, 4.69) is 15.9 Å². The standard InChI is InChI=1S/C20H20BrClO5/c1-3-9-26-19-16(21)10-14(11-18(19)25-4-2)20(24)27-12-17(23)13-5-7-15(22)8-6-13/h5-8,10-11H,3-4,9,12H2,1-2H3. The second-order valence-corrected chi connectivity index (χ2v) is 6.86. The lowest BCUT2D eigenvalue weighted by Crippen LogP contribution is -2.14. The van der Waals surface area contributed by atoms with Crippen LogP contribution in [-0.4, -0.2) is 31.6 Å². The Hall–Kier alpha value is -2.05. The average molecular weight is 456 g/mol. The van der Waals surface area contributed by atoms with E-state index in [1.807, 2.05) is 13.8 Å². The maximum atomic E-state index is 12.4. The predicted octanol–water partition coefficient (Wildman–Crippen LogP) is 5.33. The Labute approximate surface area is 171 Å². The third-order valence-electron chi connectivity index (χ3n) is 3.50. The minimum Gasteiger partial charge on any atom is -0.490 e. The number of ketones is 1. The summed E-state index contributed by atoms with van der Waals surface area (Å²) in [6.45, 7) is 4.42. The molecule has 0 saturated carbocycles. The highest BCUT2D eigenvalue weighted by Crippen LogP contribution is 2.37. The first-order valence-electron chi connectivity index (χ1n) is 8.51. The average Bonchev–Trinajstić information content (AvgIpc) is 2.65. The molecular formula is C20H20BrClO5. The molecule has 0 atom stereocenters. The van der Waals surface area contributed by atoms with Gasteiger partial charge in [0.05, 0.1) is 23.2 Å². The summed E-state index contributed by atoms with van der Waals surface area (Å²) < 4.78 is 17.0. The molecule has 0 spiro atoms. The van der Waals surface area contributed by atoms with Gasteiger partial charge in [-0.1, -0.05) is 18.5 Å². The summed E-state index contributed by atoms with van der Waals surface area (Å²) in [5, 5.41) is 0.530. The van der Waals surface area contributed by atoms with Gasteiger partial charge in [-0.15, -0.1) is 0 Å². The third-order valence-corrected chi connectivity index (χ3v) is 4.34. The van der Waals surface area contributed by atoms with E-state index in [-0.39, 0.29) is 18.0 Å². The smallest absolute Gasteiger partial charge is 0.338 e. The number of Topliss-reactive ketones (excluding diaryl/α,β-unsaturated/α-hetero) is 1. The van der Waals surface area contributed by atoms with Crippen molar-refractivity contribution in [2.24, 2.45) is 0 Å². The second-order valence-electron chi connectivity index (χ2n) is 5.57. The van der Waals surface area contributed by atoms with Gasteiger partial charge in [-0.2, -0.15) is 0 Å². The molecule has 2 aromatic carbocycles. The summed E-state index contributed by atoms with van der Waals surface area (Å²) in [5.74, 6) is 0.0387. The first-order chi connectivity index (χ1) is 13.0. The van der Waals surface area contributed by atoms with E-state index in [1.54, 1.807) is 36.4 Å². The molecule has 5 nitrogen and oxygen atoms in total. The first kappa shape index (κ1) is 21.3. The van der Waals surface area contributed by atoms with Gasteiger partial charge < -0.3 is 14.2 Å². The van der Waals surface area contributed by atoms with Crippen LogP contribution in [0.15, 0.2) is 40.9 Å². The lowest BCUT2D eigenvalue weighted by atomic mass is 10.1. The number of ether oxygens (including phenoxy) is 3. The zero-order valence-corrected chi connectivity index (χ0v) is 17.4. The Morgan fingerprint density at radius 2 is 1.74 bits per heavy atom. The highest BCUT2D eigenvalue weighted by Gasteiger charge is 2.18. The third kappa shape index (κ3) is 5.97. The van der Waals surface area contributed by atoms with Crippen LogP contribution in [0, 0.1) is 0 Å². The fraction of sp³-hybridized carbons (Fsp3) is 0.300. The zero-order valence-electron chi connectivity index (χ0n) is 15.1. The monoisotopic (exact) mass is 454 g/mol. The van der Waals surface area contributed by atoms with Crippen molar-refractivity contribution in [1.82, 2.24) is 0 Å². The van der Waals surface area contributed by atoms with Crippen LogP contribution in [0.25, 0.3) is 0 Å². The van der Waals surface area contributed by atoms with Gasteiger partial charge in [-0.3, -0.25) is 4.79 Å². The molecule has 0 bridgehead atoms. The van der Waals surface area contributed by atoms with Crippen LogP contribution in [-0.2, 0) is 4.74 Å². The van der Waals surface area contributed by atoms with E-state index >= 15 is 0 Å². The normalized spacial score (nSPS) is 10.4. The molecule has 7 heteroatoms. The molecule has 0 saturated heterocycles. The number of benzene rings is 2. The highest BCUT2D eigenvalue weighted by atomic mass is 79.9. The molecule has 0 aliphatic carbocycles. The fourth-order valence-electron chi connectivity index (χ4n) is 2.23. The largest absolute Gasteiger partial charge is 0.490 e. The summed E-state index contributed by atoms with van der Waals surface area (Å²) in [4.78, 5) is 24.5. The topological polar surface area (TPSA) is 61.8 Å². The SMILES string of the molecule is CCCOc1c(Br)cc(C(=O)OCC(=O)c2ccc(Cl)cc2)cc1OCC. The predicted molar refractivity (Wildman–Crippen MR) is 107 cm³/mol. The molecule has 0 N–H and O–H groups in total. The van der Waals surface area contributed by atoms with Crippen molar-refractivity contribution in [2.45, 2.75) is 20.3 Å². The molecule has 0 unspecified atom stereocenters. The van der Waals surface area contributed by atoms with E-state index in [9.17, 15) is 9.59 Å². The molecule has 0 amide bonds. The second kappa shape index (κ2) is 10.3. The van der Waals surface area contributed by atoms with E-state index < -0.39 is 5.97 Å². The molecule has 27 heavy (non-hydrogen) atoms. The van der Waals surface area contributed by atoms with Gasteiger partial charge in [0.1, 0.15) is 0 Å². The van der Waals surface area contributed by atoms with Crippen LogP contribution in [0.2, 0.25) is 5.02 Å². The van der Waals surface area contributed by atoms with E-state index in [0.29, 0.717) is 39.8 Å². The summed E-state index contributed by atoms with van der Waals surface area (Å²) >= 11 is 9.20. The molecule has 0 aliphatic heterocycles. The maximum Gasteiger partial charge on any atom is 0.338 e. The first-order valence-corrected chi connectivity index (χ1v) is 9.68. The maximum absolute atomic E-state index is 12.4. The quantitative estimate of drug-likeness (QED) is 0.378. The summed E-state index contributed by atoms with van der Waals surface area (Å²) in [5.41, 5.74) is 0.685. The van der Waals surface area contributed by atoms with Gasteiger partial charge >= 0.3 is 5.97 Å². The summed E-state index contributed by atoms with van der Waals surface area (Å²) in [6, 6.07) is 9.52. The molecule has 2 rings (SSSR count). The Morgan fingerprint density at radius 1 is 1.04 bits per heavy atom. The van der Waals surface area contributed by atoms with Crippen LogP contribution in [0.4, 0.5) is 0 Å². The Kier molecular flexibility index (Phi) is 8.13. The van der Waals surface area contributed by atoms with Crippen LogP contribution in [0.5, 0.6) is 11.5 Å². The highest BCUT2D eigenvalue weighted by molar-refractivity contribution is 9.10. The van der Waals surface area contributed by atoms with Crippen molar-refractivity contribution in [1.29, 1.82) is 0 Å². The number of carbonyl (C=O) groups is 2. The number of hydrogen-bond donors (Lipinski definition) is 0. The van der Waals surface area contributed by atoms with Crippen LogP contribution >= 0.6 is 27.5 Å². The Morgan fingerprint density at radius 3 is 2.37 bits per heavy atom. The van der Waals surface area contributed by atoms with Crippen molar-refractivity contribution in [3.8, 4) is 11.5 Å².